The fraction of sp³-hybridized carbons (Fsp3) is 0.387. The van der Waals surface area contributed by atoms with Crippen LogP contribution in [0.15, 0.2) is 54.6 Å². The minimum Gasteiger partial charge on any atom is -0.486 e. The highest BCUT2D eigenvalue weighted by molar-refractivity contribution is 5.69. The molecule has 0 bridgehead atoms. The van der Waals surface area contributed by atoms with Crippen molar-refractivity contribution in [3.8, 4) is 16.9 Å². The maximum absolute atomic E-state index is 15.4. The molecule has 0 spiro atoms. The van der Waals surface area contributed by atoms with E-state index in [0.717, 1.165) is 24.6 Å². The Labute approximate surface area is 222 Å². The first-order valence-corrected chi connectivity index (χ1v) is 12.7. The maximum atomic E-state index is 15.4. The molecule has 204 valence electrons. The zero-order valence-corrected chi connectivity index (χ0v) is 22.5. The Hall–Kier alpha value is -3.32. The lowest BCUT2D eigenvalue weighted by Crippen LogP contribution is -2.21. The zero-order chi connectivity index (χ0) is 28.0. The molecule has 0 fully saturated rings. The maximum Gasteiger partial charge on any atom is 0.303 e. The van der Waals surface area contributed by atoms with Crippen LogP contribution in [0.2, 0.25) is 0 Å². The number of halogens is 3. The molecule has 38 heavy (non-hydrogen) atoms. The Morgan fingerprint density at radius 3 is 2.34 bits per heavy atom. The molecule has 0 heterocycles. The summed E-state index contributed by atoms with van der Waals surface area (Å²) in [4.78, 5) is 11.3. The largest absolute Gasteiger partial charge is 0.486 e. The molecule has 0 radical (unpaired) electrons. The van der Waals surface area contributed by atoms with Gasteiger partial charge in [0.15, 0.2) is 11.6 Å². The number of rotatable bonds is 11. The molecule has 4 nitrogen and oxygen atoms in total. The number of carbonyl (C=O) groups is 1. The summed E-state index contributed by atoms with van der Waals surface area (Å²) in [5.74, 6) is -3.10. The van der Waals surface area contributed by atoms with Crippen LogP contribution in [-0.4, -0.2) is 18.2 Å². The van der Waals surface area contributed by atoms with Crippen LogP contribution in [0.4, 0.5) is 13.2 Å². The quantitative estimate of drug-likeness (QED) is 0.271. The van der Waals surface area contributed by atoms with E-state index in [0.29, 0.717) is 28.7 Å². The van der Waals surface area contributed by atoms with Gasteiger partial charge in [0, 0.05) is 12.7 Å². The van der Waals surface area contributed by atoms with E-state index in [2.05, 4.69) is 0 Å². The summed E-state index contributed by atoms with van der Waals surface area (Å²) in [5, 5.41) is 9.26. The van der Waals surface area contributed by atoms with E-state index in [1.54, 1.807) is 31.4 Å². The van der Waals surface area contributed by atoms with E-state index in [4.69, 9.17) is 9.47 Å². The summed E-state index contributed by atoms with van der Waals surface area (Å²) in [5.41, 5.74) is 1.91. The van der Waals surface area contributed by atoms with E-state index in [-0.39, 0.29) is 29.8 Å². The third kappa shape index (κ3) is 6.95. The lowest BCUT2D eigenvalue weighted by Gasteiger charge is -2.32. The Kier molecular flexibility index (Phi) is 9.60. The molecule has 1 N–H and O–H groups in total. The molecule has 0 aliphatic heterocycles. The van der Waals surface area contributed by atoms with Gasteiger partial charge in [-0.05, 0) is 70.3 Å². The Bertz CT molecular complexity index is 1270. The second kappa shape index (κ2) is 12.5. The lowest BCUT2D eigenvalue weighted by atomic mass is 9.81. The second-order valence-corrected chi connectivity index (χ2v) is 10.6. The predicted octanol–water partition coefficient (Wildman–Crippen LogP) is 8.44. The van der Waals surface area contributed by atoms with Crippen molar-refractivity contribution in [3.05, 3.63) is 88.7 Å². The van der Waals surface area contributed by atoms with E-state index >= 15 is 4.39 Å². The van der Waals surface area contributed by atoms with Gasteiger partial charge in [-0.1, -0.05) is 58.4 Å². The number of methoxy groups -OCH3 is 1. The molecule has 3 aromatic rings. The van der Waals surface area contributed by atoms with Crippen LogP contribution >= 0.6 is 0 Å². The fourth-order valence-electron chi connectivity index (χ4n) is 4.86. The summed E-state index contributed by atoms with van der Waals surface area (Å²) in [6.07, 6.45) is 0.643. The molecule has 3 aromatic carbocycles. The van der Waals surface area contributed by atoms with E-state index in [9.17, 15) is 18.7 Å². The first-order chi connectivity index (χ1) is 18.0. The van der Waals surface area contributed by atoms with E-state index in [1.165, 1.54) is 6.07 Å². The molecule has 0 aromatic heterocycles. The minimum atomic E-state index is -0.983. The van der Waals surface area contributed by atoms with Crippen molar-refractivity contribution in [1.29, 1.82) is 0 Å². The fourth-order valence-corrected chi connectivity index (χ4v) is 4.86. The lowest BCUT2D eigenvalue weighted by molar-refractivity contribution is -0.137. The van der Waals surface area contributed by atoms with Crippen molar-refractivity contribution >= 4 is 5.97 Å². The summed E-state index contributed by atoms with van der Waals surface area (Å²) in [6.45, 7) is 7.90. The molecule has 7 heteroatoms. The van der Waals surface area contributed by atoms with Crippen LogP contribution in [0.3, 0.4) is 0 Å². The van der Waals surface area contributed by atoms with Crippen LogP contribution in [0.1, 0.15) is 75.7 Å². The number of carboxylic acids is 1. The molecule has 2 atom stereocenters. The highest BCUT2D eigenvalue weighted by Gasteiger charge is 2.29. The van der Waals surface area contributed by atoms with Crippen LogP contribution < -0.4 is 4.74 Å². The van der Waals surface area contributed by atoms with E-state index < -0.39 is 35.4 Å². The smallest absolute Gasteiger partial charge is 0.303 e. The van der Waals surface area contributed by atoms with Gasteiger partial charge in [-0.2, -0.15) is 0 Å². The first-order valence-electron chi connectivity index (χ1n) is 12.7. The molecule has 0 aliphatic carbocycles. The second-order valence-electron chi connectivity index (χ2n) is 10.6. The summed E-state index contributed by atoms with van der Waals surface area (Å²) in [6, 6.07) is 13.3. The van der Waals surface area contributed by atoms with Crippen LogP contribution in [0, 0.1) is 22.9 Å². The van der Waals surface area contributed by atoms with Gasteiger partial charge in [0.1, 0.15) is 18.2 Å². The first kappa shape index (κ1) is 29.2. The molecule has 0 saturated carbocycles. The number of hydrogen-bond donors (Lipinski definition) is 1. The number of benzene rings is 3. The molecule has 0 saturated heterocycles. The Balaban J connectivity index is 1.98. The zero-order valence-electron chi connectivity index (χ0n) is 22.5. The highest BCUT2D eigenvalue weighted by atomic mass is 19.1. The molecule has 3 rings (SSSR count). The van der Waals surface area contributed by atoms with Crippen molar-refractivity contribution in [1.82, 2.24) is 0 Å². The van der Waals surface area contributed by atoms with Gasteiger partial charge < -0.3 is 14.6 Å². The molecule has 0 aliphatic rings. The monoisotopic (exact) mass is 528 g/mol. The van der Waals surface area contributed by atoms with Gasteiger partial charge in [0.2, 0.25) is 0 Å². The molecular weight excluding hydrogens is 493 g/mol. The number of aliphatic carboxylic acids is 1. The minimum absolute atomic E-state index is 0.0111. The topological polar surface area (TPSA) is 55.8 Å². The van der Waals surface area contributed by atoms with Gasteiger partial charge in [-0.3, -0.25) is 4.79 Å². The van der Waals surface area contributed by atoms with E-state index in [1.807, 2.05) is 33.8 Å². The number of carboxylic acid groups (broad SMARTS) is 1. The molecular formula is C31H35F3O4. The third-order valence-corrected chi connectivity index (χ3v) is 6.52. The Morgan fingerprint density at radius 1 is 0.974 bits per heavy atom. The standard InChI is InChI=1S/C31H35F3O4/c1-6-8-20(16-28(35)36)22-9-7-10-27(29(22)34)38-18-19-11-13-23(24-17-21(32)12-14-26(24)33)25(15-19)30(37-5)31(2,3)4/h7,9-15,17,20,30H,6,8,16,18H2,1-5H3,(H,35,36)/t20-,30-/m0/s1. The molecule has 0 unspecified atom stereocenters. The van der Waals surface area contributed by atoms with Gasteiger partial charge in [0.05, 0.1) is 12.5 Å². The van der Waals surface area contributed by atoms with Crippen LogP contribution in [-0.2, 0) is 16.1 Å². The predicted molar refractivity (Wildman–Crippen MR) is 142 cm³/mol. The van der Waals surface area contributed by atoms with Crippen molar-refractivity contribution in [2.75, 3.05) is 7.11 Å². The summed E-state index contributed by atoms with van der Waals surface area (Å²) in [7, 11) is 1.57. The third-order valence-electron chi connectivity index (χ3n) is 6.52. The number of hydrogen-bond acceptors (Lipinski definition) is 3. The SMILES string of the molecule is CCC[C@@H](CC(=O)O)c1cccc(OCc2ccc(-c3cc(F)ccc3F)c([C@H](OC)C(C)(C)C)c2)c1F. The van der Waals surface area contributed by atoms with Crippen molar-refractivity contribution < 1.29 is 32.5 Å². The highest BCUT2D eigenvalue weighted by Crippen LogP contribution is 2.42. The van der Waals surface area contributed by atoms with Crippen molar-refractivity contribution in [3.63, 3.8) is 0 Å². The van der Waals surface area contributed by atoms with Crippen molar-refractivity contribution in [2.45, 2.75) is 65.6 Å². The van der Waals surface area contributed by atoms with Gasteiger partial charge in [-0.15, -0.1) is 0 Å². The average Bonchev–Trinajstić information content (AvgIpc) is 2.84. The molecule has 0 amide bonds. The number of ether oxygens (including phenoxy) is 2. The summed E-state index contributed by atoms with van der Waals surface area (Å²) >= 11 is 0. The van der Waals surface area contributed by atoms with Gasteiger partial charge in [-0.25, -0.2) is 13.2 Å². The van der Waals surface area contributed by atoms with Gasteiger partial charge in [0.25, 0.3) is 0 Å². The average molecular weight is 529 g/mol. The van der Waals surface area contributed by atoms with Crippen molar-refractivity contribution in [2.24, 2.45) is 5.41 Å². The summed E-state index contributed by atoms with van der Waals surface area (Å²) < 4.78 is 55.8. The Morgan fingerprint density at radius 2 is 1.71 bits per heavy atom. The van der Waals surface area contributed by atoms with Crippen LogP contribution in [0.5, 0.6) is 5.75 Å². The van der Waals surface area contributed by atoms with Gasteiger partial charge >= 0.3 is 5.97 Å². The van der Waals surface area contributed by atoms with Crippen LogP contribution in [0.25, 0.3) is 11.1 Å². The normalized spacial score (nSPS) is 13.3.